The highest BCUT2D eigenvalue weighted by Gasteiger charge is 2.44. The molecule has 65 heavy (non-hydrogen) atoms. The molecular formula is C51H98O14. The summed E-state index contributed by atoms with van der Waals surface area (Å²) < 4.78 is 10.9. The first-order valence-corrected chi connectivity index (χ1v) is 24.7. The van der Waals surface area contributed by atoms with Gasteiger partial charge in [-0.05, 0) is 210 Å². The van der Waals surface area contributed by atoms with Crippen LogP contribution in [0.1, 0.15) is 210 Å². The molecule has 0 amide bonds. The van der Waals surface area contributed by atoms with Gasteiger partial charge in [-0.25, -0.2) is 0 Å². The lowest BCUT2D eigenvalue weighted by molar-refractivity contribution is -0.298. The van der Waals surface area contributed by atoms with E-state index in [1.54, 1.807) is 41.5 Å². The monoisotopic (exact) mass is 935 g/mol. The molecule has 1 fully saturated rings. The van der Waals surface area contributed by atoms with Crippen LogP contribution in [0.5, 0.6) is 0 Å². The highest BCUT2D eigenvalue weighted by molar-refractivity contribution is 5.04. The van der Waals surface area contributed by atoms with Gasteiger partial charge in [0.1, 0.15) is 24.4 Å². The zero-order valence-electron chi connectivity index (χ0n) is 42.3. The summed E-state index contributed by atoms with van der Waals surface area (Å²) in [7, 11) is 0. The third kappa shape index (κ3) is 27.6. The van der Waals surface area contributed by atoms with Gasteiger partial charge in [0.15, 0.2) is 6.29 Å². The summed E-state index contributed by atoms with van der Waals surface area (Å²) in [5, 5.41) is 126. The molecule has 0 spiro atoms. The lowest BCUT2D eigenvalue weighted by atomic mass is 9.83. The summed E-state index contributed by atoms with van der Waals surface area (Å²) in [6, 6.07) is 0. The fourth-order valence-corrected chi connectivity index (χ4v) is 8.84. The summed E-state index contributed by atoms with van der Waals surface area (Å²) in [6.07, 6.45) is 8.94. The summed E-state index contributed by atoms with van der Waals surface area (Å²) >= 11 is 0. The van der Waals surface area contributed by atoms with Crippen molar-refractivity contribution in [3.05, 3.63) is 23.3 Å². The first-order chi connectivity index (χ1) is 29.7. The molecule has 14 nitrogen and oxygen atoms in total. The standard InChI is InChI=1S/C51H98O14/c1-37(18-11-19-38(2)22-35-64-44-43(56)42(55)41(54)39(36-52)65-44)20-21-40(53)51(10,63)34-17-33-50(9,62)32-16-31-49(8,61)30-15-29-48(7,60)28-14-27-47(6,59)26-13-25-46(5,58)24-12-23-45(3,4)57/h18,22,39-44,52-63H,11-17,19-21,23-36H2,1-10H3/b37-18+,38-22+/t39-,40-,41-,42+,43-,44-,46-,47+,48+,49+,50+,51+/m0/s1. The molecule has 0 radical (unpaired) electrons. The molecule has 0 unspecified atom stereocenters. The minimum absolute atomic E-state index is 0.112. The number of ether oxygens (including phenoxy) is 2. The third-order valence-electron chi connectivity index (χ3n) is 13.7. The Morgan fingerprint density at radius 3 is 1.28 bits per heavy atom. The zero-order valence-corrected chi connectivity index (χ0v) is 42.3. The first kappa shape index (κ1) is 61.9. The number of rotatable bonds is 35. The molecule has 0 aromatic carbocycles. The highest BCUT2D eigenvalue weighted by Crippen LogP contribution is 2.32. The van der Waals surface area contributed by atoms with Gasteiger partial charge < -0.3 is 70.8 Å². The van der Waals surface area contributed by atoms with Crippen LogP contribution in [0.3, 0.4) is 0 Å². The fraction of sp³-hybridized carbons (Fsp3) is 0.922. The first-order valence-electron chi connectivity index (χ1n) is 24.7. The molecule has 0 aromatic rings. The van der Waals surface area contributed by atoms with E-state index in [-0.39, 0.29) is 6.61 Å². The summed E-state index contributed by atoms with van der Waals surface area (Å²) in [5.74, 6) is 0. The lowest BCUT2D eigenvalue weighted by Gasteiger charge is -2.39. The van der Waals surface area contributed by atoms with Gasteiger partial charge in [-0.3, -0.25) is 0 Å². The molecule has 1 aliphatic rings. The van der Waals surface area contributed by atoms with Gasteiger partial charge in [0.05, 0.1) is 58.5 Å². The van der Waals surface area contributed by atoms with E-state index in [1.807, 2.05) is 33.8 Å². The van der Waals surface area contributed by atoms with Gasteiger partial charge in [-0.2, -0.15) is 0 Å². The van der Waals surface area contributed by atoms with Crippen molar-refractivity contribution in [3.8, 4) is 0 Å². The molecule has 0 bridgehead atoms. The van der Waals surface area contributed by atoms with Crippen LogP contribution in [0.25, 0.3) is 0 Å². The van der Waals surface area contributed by atoms with E-state index >= 15 is 0 Å². The molecule has 14 heteroatoms. The molecule has 1 saturated heterocycles. The van der Waals surface area contributed by atoms with Crippen molar-refractivity contribution >= 4 is 0 Å². The Hall–Kier alpha value is -1.08. The molecule has 12 atom stereocenters. The van der Waals surface area contributed by atoms with Gasteiger partial charge in [0.25, 0.3) is 0 Å². The summed E-state index contributed by atoms with van der Waals surface area (Å²) in [5.41, 5.74) is -4.54. The maximum atomic E-state index is 11.1. The highest BCUT2D eigenvalue weighted by atomic mass is 16.7. The summed E-state index contributed by atoms with van der Waals surface area (Å²) in [4.78, 5) is 0. The average Bonchev–Trinajstić information content (AvgIpc) is 3.15. The topological polar surface area (TPSA) is 261 Å². The molecule has 12 N–H and O–H groups in total. The number of allylic oxidation sites excluding steroid dienone is 3. The second-order valence-electron chi connectivity index (χ2n) is 22.5. The van der Waals surface area contributed by atoms with Crippen LogP contribution in [0.15, 0.2) is 23.3 Å². The van der Waals surface area contributed by atoms with Crippen LogP contribution < -0.4 is 0 Å². The Labute approximate surface area is 392 Å². The Morgan fingerprint density at radius 1 is 0.523 bits per heavy atom. The molecular weight excluding hydrogens is 837 g/mol. The van der Waals surface area contributed by atoms with Crippen LogP contribution in [-0.2, 0) is 9.47 Å². The van der Waals surface area contributed by atoms with E-state index in [0.717, 1.165) is 30.4 Å². The zero-order chi connectivity index (χ0) is 49.9. The Balaban J connectivity index is 2.34. The van der Waals surface area contributed by atoms with Gasteiger partial charge in [0, 0.05) is 0 Å². The van der Waals surface area contributed by atoms with Crippen molar-refractivity contribution < 1.29 is 70.8 Å². The van der Waals surface area contributed by atoms with Gasteiger partial charge in [-0.1, -0.05) is 23.3 Å². The quantitative estimate of drug-likeness (QED) is 0.0330. The minimum atomic E-state index is -1.49. The molecule has 0 aliphatic carbocycles. The Bertz CT molecular complexity index is 1360. The van der Waals surface area contributed by atoms with E-state index in [0.29, 0.717) is 122 Å². The minimum Gasteiger partial charge on any atom is -0.394 e. The van der Waals surface area contributed by atoms with Crippen molar-refractivity contribution in [3.63, 3.8) is 0 Å². The maximum absolute atomic E-state index is 11.1. The molecule has 1 aliphatic heterocycles. The van der Waals surface area contributed by atoms with Crippen LogP contribution in [-0.4, -0.2) is 151 Å². The van der Waals surface area contributed by atoms with Gasteiger partial charge >= 0.3 is 0 Å². The van der Waals surface area contributed by atoms with E-state index < -0.39 is 82.6 Å². The summed E-state index contributed by atoms with van der Waals surface area (Å²) in [6.45, 7) is 17.7. The number of hydrogen-bond acceptors (Lipinski definition) is 14. The van der Waals surface area contributed by atoms with Crippen molar-refractivity contribution in [2.45, 2.75) is 287 Å². The average molecular weight is 935 g/mol. The van der Waals surface area contributed by atoms with E-state index in [4.69, 9.17) is 9.47 Å². The molecule has 0 saturated carbocycles. The van der Waals surface area contributed by atoms with Gasteiger partial charge in [0.2, 0.25) is 0 Å². The van der Waals surface area contributed by atoms with E-state index in [2.05, 4.69) is 6.08 Å². The normalized spacial score (nSPS) is 26.3. The van der Waals surface area contributed by atoms with Crippen LogP contribution in [0.2, 0.25) is 0 Å². The van der Waals surface area contributed by atoms with Crippen molar-refractivity contribution in [1.29, 1.82) is 0 Å². The predicted molar refractivity (Wildman–Crippen MR) is 255 cm³/mol. The fourth-order valence-electron chi connectivity index (χ4n) is 8.84. The molecule has 1 heterocycles. The third-order valence-corrected chi connectivity index (χ3v) is 13.7. The van der Waals surface area contributed by atoms with Gasteiger partial charge in [-0.15, -0.1) is 0 Å². The second kappa shape index (κ2) is 27.9. The van der Waals surface area contributed by atoms with Crippen molar-refractivity contribution in [1.82, 2.24) is 0 Å². The number of aliphatic hydroxyl groups is 12. The SMILES string of the molecule is C/C(=C\CO[C@H]1O[C@@H](CO)[C@H](O)[C@@H](O)[C@@H]1O)CC/C=C(\C)CC[C@H](O)[C@](C)(O)CCC[C@](C)(O)CCC[C@](C)(O)CCC[C@](C)(O)CCC[C@](C)(O)CCC[C@@](C)(O)CCCC(C)(C)O. The van der Waals surface area contributed by atoms with Crippen LogP contribution in [0, 0.1) is 0 Å². The van der Waals surface area contributed by atoms with Crippen molar-refractivity contribution in [2.24, 2.45) is 0 Å². The molecule has 1 rings (SSSR count). The number of aliphatic hydroxyl groups excluding tert-OH is 5. The van der Waals surface area contributed by atoms with Crippen molar-refractivity contribution in [2.75, 3.05) is 13.2 Å². The smallest absolute Gasteiger partial charge is 0.187 e. The largest absolute Gasteiger partial charge is 0.394 e. The maximum Gasteiger partial charge on any atom is 0.187 e. The molecule has 386 valence electrons. The lowest BCUT2D eigenvalue weighted by Crippen LogP contribution is -2.59. The van der Waals surface area contributed by atoms with Crippen LogP contribution >= 0.6 is 0 Å². The second-order valence-corrected chi connectivity index (χ2v) is 22.5. The number of hydrogen-bond donors (Lipinski definition) is 12. The predicted octanol–water partition coefficient (Wildman–Crippen LogP) is 5.92. The van der Waals surface area contributed by atoms with E-state index in [9.17, 15) is 61.3 Å². The Morgan fingerprint density at radius 2 is 0.892 bits per heavy atom. The molecule has 0 aromatic heterocycles. The van der Waals surface area contributed by atoms with Crippen LogP contribution in [0.4, 0.5) is 0 Å². The van der Waals surface area contributed by atoms with E-state index in [1.165, 1.54) is 0 Å². The Kier molecular flexibility index (Phi) is 26.6.